The molecule has 0 heterocycles. The quantitative estimate of drug-likeness (QED) is 0.376. The van der Waals surface area contributed by atoms with Gasteiger partial charge < -0.3 is 4.74 Å². The number of benzene rings is 3. The zero-order chi connectivity index (χ0) is 20.6. The van der Waals surface area contributed by atoms with Gasteiger partial charge in [-0.2, -0.15) is 5.26 Å². The van der Waals surface area contributed by atoms with Crippen molar-refractivity contribution in [2.24, 2.45) is 0 Å². The Hall–Kier alpha value is -2.80. The summed E-state index contributed by atoms with van der Waals surface area (Å²) in [5.41, 5.74) is 3.99. The SMILES string of the molecule is CC1(c2ccccc2)Cc2cc(OC(=O)c3ccc(C#N)cc3)c(Cl)c(Cl)c2C1. The number of carbonyl (C=O) groups is 1. The maximum atomic E-state index is 12.5. The van der Waals surface area contributed by atoms with Gasteiger partial charge in [-0.3, -0.25) is 0 Å². The molecule has 1 unspecified atom stereocenters. The smallest absolute Gasteiger partial charge is 0.343 e. The molecule has 3 aromatic carbocycles. The fourth-order valence-corrected chi connectivity index (χ4v) is 4.36. The summed E-state index contributed by atoms with van der Waals surface area (Å²) in [7, 11) is 0. The van der Waals surface area contributed by atoms with Crippen LogP contribution >= 0.6 is 23.2 Å². The van der Waals surface area contributed by atoms with Crippen molar-refractivity contribution in [2.75, 3.05) is 0 Å². The second kappa shape index (κ2) is 7.55. The lowest BCUT2D eigenvalue weighted by Crippen LogP contribution is -2.22. The van der Waals surface area contributed by atoms with E-state index < -0.39 is 5.97 Å². The van der Waals surface area contributed by atoms with Crippen LogP contribution in [0.4, 0.5) is 0 Å². The first kappa shape index (κ1) is 19.5. The van der Waals surface area contributed by atoms with Crippen LogP contribution in [0.5, 0.6) is 5.75 Å². The Morgan fingerprint density at radius 1 is 1.03 bits per heavy atom. The highest BCUT2D eigenvalue weighted by atomic mass is 35.5. The average Bonchev–Trinajstić information content (AvgIpc) is 3.10. The number of hydrogen-bond donors (Lipinski definition) is 0. The Labute approximate surface area is 179 Å². The van der Waals surface area contributed by atoms with E-state index >= 15 is 0 Å². The molecule has 4 rings (SSSR count). The third-order valence-corrected chi connectivity index (χ3v) is 6.33. The van der Waals surface area contributed by atoms with Crippen molar-refractivity contribution in [1.29, 1.82) is 5.26 Å². The number of esters is 1. The number of carbonyl (C=O) groups excluding carboxylic acids is 1. The lowest BCUT2D eigenvalue weighted by molar-refractivity contribution is 0.0735. The van der Waals surface area contributed by atoms with Gasteiger partial charge in [-0.1, -0.05) is 60.5 Å². The number of halogens is 2. The molecule has 5 heteroatoms. The molecular weight excluding hydrogens is 405 g/mol. The maximum Gasteiger partial charge on any atom is 0.343 e. The first-order valence-corrected chi connectivity index (χ1v) is 9.94. The Bertz CT molecular complexity index is 1130. The van der Waals surface area contributed by atoms with Crippen molar-refractivity contribution >= 4 is 29.2 Å². The number of nitriles is 1. The molecule has 1 atom stereocenters. The van der Waals surface area contributed by atoms with E-state index in [1.807, 2.05) is 30.3 Å². The van der Waals surface area contributed by atoms with Gasteiger partial charge in [0.15, 0.2) is 5.75 Å². The van der Waals surface area contributed by atoms with E-state index in [0.717, 1.165) is 24.0 Å². The van der Waals surface area contributed by atoms with E-state index in [9.17, 15) is 4.79 Å². The standard InChI is InChI=1S/C24H17Cl2NO2/c1-24(18-5-3-2-4-6-18)12-17-11-20(22(26)21(25)19(17)13-24)29-23(28)16-9-7-15(14-27)8-10-16/h2-11H,12-13H2,1H3. The van der Waals surface area contributed by atoms with Crippen LogP contribution in [-0.4, -0.2) is 5.97 Å². The van der Waals surface area contributed by atoms with Gasteiger partial charge in [0, 0.05) is 5.41 Å². The van der Waals surface area contributed by atoms with Crippen LogP contribution in [-0.2, 0) is 18.3 Å². The molecule has 0 bridgehead atoms. The van der Waals surface area contributed by atoms with Gasteiger partial charge in [0.1, 0.15) is 5.02 Å². The summed E-state index contributed by atoms with van der Waals surface area (Å²) in [6.07, 6.45) is 1.55. The molecule has 0 N–H and O–H groups in total. The predicted octanol–water partition coefficient (Wildman–Crippen LogP) is 6.14. The topological polar surface area (TPSA) is 50.1 Å². The predicted molar refractivity (Wildman–Crippen MR) is 114 cm³/mol. The molecule has 0 aromatic heterocycles. The summed E-state index contributed by atoms with van der Waals surface area (Å²) < 4.78 is 5.55. The molecule has 3 nitrogen and oxygen atoms in total. The van der Waals surface area contributed by atoms with Crippen molar-refractivity contribution in [3.8, 4) is 11.8 Å². The second-order valence-electron chi connectivity index (χ2n) is 7.50. The molecule has 29 heavy (non-hydrogen) atoms. The average molecular weight is 422 g/mol. The highest BCUT2D eigenvalue weighted by Crippen LogP contribution is 2.47. The summed E-state index contributed by atoms with van der Waals surface area (Å²) in [6, 6.07) is 20.4. The number of fused-ring (bicyclic) bond motifs is 1. The number of hydrogen-bond acceptors (Lipinski definition) is 3. The van der Waals surface area contributed by atoms with Crippen molar-refractivity contribution in [2.45, 2.75) is 25.2 Å². The molecule has 0 saturated carbocycles. The van der Waals surface area contributed by atoms with Crippen LogP contribution in [0.1, 0.15) is 39.5 Å². The van der Waals surface area contributed by atoms with E-state index in [2.05, 4.69) is 19.1 Å². The first-order valence-electron chi connectivity index (χ1n) is 9.19. The van der Waals surface area contributed by atoms with Crippen molar-refractivity contribution in [3.05, 3.63) is 98.5 Å². The third-order valence-electron chi connectivity index (χ3n) is 5.44. The molecule has 0 radical (unpaired) electrons. The van der Waals surface area contributed by atoms with Crippen LogP contribution in [0.2, 0.25) is 10.0 Å². The van der Waals surface area contributed by atoms with E-state index in [1.54, 1.807) is 24.3 Å². The number of rotatable bonds is 3. The van der Waals surface area contributed by atoms with Crippen LogP contribution in [0.3, 0.4) is 0 Å². The van der Waals surface area contributed by atoms with E-state index in [0.29, 0.717) is 16.1 Å². The molecule has 0 spiro atoms. The molecule has 1 aliphatic carbocycles. The fourth-order valence-electron chi connectivity index (χ4n) is 3.87. The van der Waals surface area contributed by atoms with Gasteiger partial charge in [-0.15, -0.1) is 0 Å². The van der Waals surface area contributed by atoms with Crippen molar-refractivity contribution in [3.63, 3.8) is 0 Å². The van der Waals surface area contributed by atoms with Gasteiger partial charge >= 0.3 is 5.97 Å². The summed E-state index contributed by atoms with van der Waals surface area (Å²) in [5, 5.41) is 9.56. The Morgan fingerprint density at radius 2 is 1.72 bits per heavy atom. The van der Waals surface area contributed by atoms with Gasteiger partial charge in [-0.05, 0) is 59.9 Å². The normalized spacial score (nSPS) is 17.4. The monoisotopic (exact) mass is 421 g/mol. The largest absolute Gasteiger partial charge is 0.421 e. The summed E-state index contributed by atoms with van der Waals surface area (Å²) >= 11 is 13.0. The lowest BCUT2D eigenvalue weighted by Gasteiger charge is -2.24. The van der Waals surface area contributed by atoms with Crippen molar-refractivity contribution in [1.82, 2.24) is 0 Å². The summed E-state index contributed by atoms with van der Waals surface area (Å²) in [5.74, 6) is -0.293. The molecule has 1 aliphatic rings. The van der Waals surface area contributed by atoms with E-state index in [4.69, 9.17) is 33.2 Å². The molecule has 3 aromatic rings. The highest BCUT2D eigenvalue weighted by Gasteiger charge is 2.37. The molecule has 0 amide bonds. The highest BCUT2D eigenvalue weighted by molar-refractivity contribution is 6.43. The van der Waals surface area contributed by atoms with Crippen LogP contribution in [0.15, 0.2) is 60.7 Å². The molecule has 0 aliphatic heterocycles. The Balaban J connectivity index is 1.63. The zero-order valence-corrected chi connectivity index (χ0v) is 17.2. The van der Waals surface area contributed by atoms with E-state index in [1.165, 1.54) is 5.56 Å². The third kappa shape index (κ3) is 3.62. The number of nitrogens with zero attached hydrogens (tertiary/aromatic N) is 1. The van der Waals surface area contributed by atoms with E-state index in [-0.39, 0.29) is 16.2 Å². The van der Waals surface area contributed by atoms with Gasteiger partial charge in [-0.25, -0.2) is 4.79 Å². The summed E-state index contributed by atoms with van der Waals surface area (Å²) in [4.78, 5) is 12.5. The molecular formula is C24H17Cl2NO2. The van der Waals surface area contributed by atoms with Crippen LogP contribution in [0, 0.1) is 11.3 Å². The lowest BCUT2D eigenvalue weighted by atomic mass is 9.80. The van der Waals surface area contributed by atoms with Gasteiger partial charge in [0.05, 0.1) is 22.2 Å². The van der Waals surface area contributed by atoms with Crippen molar-refractivity contribution < 1.29 is 9.53 Å². The molecule has 0 saturated heterocycles. The molecule has 0 fully saturated rings. The van der Waals surface area contributed by atoms with Crippen LogP contribution in [0.25, 0.3) is 0 Å². The Morgan fingerprint density at radius 3 is 2.38 bits per heavy atom. The minimum Gasteiger partial charge on any atom is -0.421 e. The number of ether oxygens (including phenoxy) is 1. The van der Waals surface area contributed by atoms with Gasteiger partial charge in [0.25, 0.3) is 0 Å². The maximum absolute atomic E-state index is 12.5. The summed E-state index contributed by atoms with van der Waals surface area (Å²) in [6.45, 7) is 2.20. The Kier molecular flexibility index (Phi) is 5.08. The second-order valence-corrected chi connectivity index (χ2v) is 8.26. The molecule has 144 valence electrons. The fraction of sp³-hybridized carbons (Fsp3) is 0.167. The first-order chi connectivity index (χ1) is 13.9. The zero-order valence-electron chi connectivity index (χ0n) is 15.7. The minimum absolute atomic E-state index is 0.0910. The van der Waals surface area contributed by atoms with Gasteiger partial charge in [0.2, 0.25) is 0 Å². The van der Waals surface area contributed by atoms with Crippen LogP contribution < -0.4 is 4.74 Å². The minimum atomic E-state index is -0.545.